The smallest absolute Gasteiger partial charge is 0.338 e. The van der Waals surface area contributed by atoms with Crippen LogP contribution in [0.15, 0.2) is 18.2 Å². The van der Waals surface area contributed by atoms with Crippen molar-refractivity contribution in [3.05, 3.63) is 34.9 Å². The molecule has 0 radical (unpaired) electrons. The first-order valence-corrected chi connectivity index (χ1v) is 12.9. The number of rotatable bonds is 4. The minimum Gasteiger partial charge on any atom is -0.338 e. The van der Waals surface area contributed by atoms with Crippen LogP contribution in [0.3, 0.4) is 0 Å². The maximum absolute atomic E-state index is 13.2. The number of hydrogen-bond donors (Lipinski definition) is 0. The number of alkyl halides is 6. The van der Waals surface area contributed by atoms with Crippen LogP contribution in [0.5, 0.6) is 0 Å². The van der Waals surface area contributed by atoms with Crippen LogP contribution in [0.4, 0.5) is 26.3 Å². The predicted molar refractivity (Wildman–Crippen MR) is 120 cm³/mol. The van der Waals surface area contributed by atoms with Crippen LogP contribution >= 0.6 is 11.8 Å². The standard InChI is InChI=1S/C24H28F6N2O2S/c25-23(26,27)18-13-17(14-19(15-18)24(28,29)30)21(34)31-9-7-22(8-10-31)32(11-12-35-22)20(33)6-5-16-3-1-2-4-16/h13-16H,1-12H2. The van der Waals surface area contributed by atoms with Crippen molar-refractivity contribution in [2.75, 3.05) is 25.4 Å². The average Bonchev–Trinajstić information content (AvgIpc) is 3.46. The van der Waals surface area contributed by atoms with E-state index in [9.17, 15) is 35.9 Å². The summed E-state index contributed by atoms with van der Waals surface area (Å²) in [7, 11) is 0. The van der Waals surface area contributed by atoms with Gasteiger partial charge in [0.15, 0.2) is 0 Å². The fourth-order valence-electron chi connectivity index (χ4n) is 5.46. The van der Waals surface area contributed by atoms with Crippen LogP contribution in [0, 0.1) is 5.92 Å². The van der Waals surface area contributed by atoms with Crippen molar-refractivity contribution in [1.82, 2.24) is 9.80 Å². The number of nitrogens with zero attached hydrogens (tertiary/aromatic N) is 2. The minimum atomic E-state index is -5.01. The van der Waals surface area contributed by atoms with Gasteiger partial charge < -0.3 is 9.80 Å². The number of likely N-dealkylation sites (tertiary alicyclic amines) is 1. The number of amides is 2. The second kappa shape index (κ2) is 9.86. The Morgan fingerprint density at radius 3 is 2.03 bits per heavy atom. The van der Waals surface area contributed by atoms with Crippen molar-refractivity contribution < 1.29 is 35.9 Å². The maximum atomic E-state index is 13.2. The lowest BCUT2D eigenvalue weighted by Crippen LogP contribution is -2.53. The second-order valence-electron chi connectivity index (χ2n) is 9.62. The first-order valence-electron chi connectivity index (χ1n) is 11.9. The molecule has 2 saturated heterocycles. The topological polar surface area (TPSA) is 40.6 Å². The zero-order valence-corrected chi connectivity index (χ0v) is 20.0. The molecule has 0 bridgehead atoms. The molecule has 4 nitrogen and oxygen atoms in total. The van der Waals surface area contributed by atoms with E-state index in [1.807, 2.05) is 4.90 Å². The van der Waals surface area contributed by atoms with Crippen molar-refractivity contribution in [3.63, 3.8) is 0 Å². The summed E-state index contributed by atoms with van der Waals surface area (Å²) in [5.41, 5.74) is -3.64. The molecule has 2 amide bonds. The molecule has 1 aromatic carbocycles. The zero-order chi connectivity index (χ0) is 25.4. The molecule has 1 aromatic rings. The van der Waals surface area contributed by atoms with E-state index in [1.54, 1.807) is 11.8 Å². The Hall–Kier alpha value is -1.91. The highest BCUT2D eigenvalue weighted by Crippen LogP contribution is 2.45. The number of halogens is 6. The summed E-state index contributed by atoms with van der Waals surface area (Å²) in [6, 6.07) is 0.975. The van der Waals surface area contributed by atoms with Gasteiger partial charge in [0.2, 0.25) is 5.91 Å². The van der Waals surface area contributed by atoms with E-state index in [4.69, 9.17) is 0 Å². The molecule has 1 aliphatic carbocycles. The Morgan fingerprint density at radius 2 is 1.49 bits per heavy atom. The number of carbonyl (C=O) groups excluding carboxylic acids is 2. The average molecular weight is 523 g/mol. The van der Waals surface area contributed by atoms with Gasteiger partial charge in [-0.2, -0.15) is 26.3 Å². The molecule has 3 aliphatic rings. The molecule has 4 rings (SSSR count). The lowest BCUT2D eigenvalue weighted by Gasteiger charge is -2.44. The number of benzene rings is 1. The highest BCUT2D eigenvalue weighted by atomic mass is 32.2. The third-order valence-corrected chi connectivity index (χ3v) is 8.94. The van der Waals surface area contributed by atoms with Gasteiger partial charge in [-0.25, -0.2) is 0 Å². The first kappa shape index (κ1) is 26.2. The van der Waals surface area contributed by atoms with Crippen molar-refractivity contribution in [2.45, 2.75) is 68.6 Å². The molecule has 11 heteroatoms. The highest BCUT2D eigenvalue weighted by molar-refractivity contribution is 8.00. The molecule has 2 aliphatic heterocycles. The molecule has 0 atom stereocenters. The van der Waals surface area contributed by atoms with Crippen LogP contribution in [0.2, 0.25) is 0 Å². The van der Waals surface area contributed by atoms with Crippen molar-refractivity contribution in [3.8, 4) is 0 Å². The van der Waals surface area contributed by atoms with Crippen molar-refractivity contribution >= 4 is 23.6 Å². The van der Waals surface area contributed by atoms with E-state index >= 15 is 0 Å². The predicted octanol–water partition coefficient (Wildman–Crippen LogP) is 6.20. The normalized spacial score (nSPS) is 21.2. The molecular formula is C24H28F6N2O2S. The molecule has 35 heavy (non-hydrogen) atoms. The van der Waals surface area contributed by atoms with Gasteiger partial charge in [-0.15, -0.1) is 11.8 Å². The lowest BCUT2D eigenvalue weighted by atomic mass is 9.98. The Kier molecular flexibility index (Phi) is 7.37. The molecule has 0 aromatic heterocycles. The van der Waals surface area contributed by atoms with Crippen LogP contribution in [-0.2, 0) is 17.1 Å². The largest absolute Gasteiger partial charge is 0.416 e. The third-order valence-electron chi connectivity index (χ3n) is 7.39. The molecule has 1 saturated carbocycles. The summed E-state index contributed by atoms with van der Waals surface area (Å²) >= 11 is 1.65. The second-order valence-corrected chi connectivity index (χ2v) is 11.1. The highest BCUT2D eigenvalue weighted by Gasteiger charge is 2.47. The monoisotopic (exact) mass is 522 g/mol. The van der Waals surface area contributed by atoms with Crippen LogP contribution < -0.4 is 0 Å². The van der Waals surface area contributed by atoms with E-state index in [1.165, 1.54) is 17.7 Å². The Labute approximate surface area is 204 Å². The summed E-state index contributed by atoms with van der Waals surface area (Å²) in [6.45, 7) is 0.941. The summed E-state index contributed by atoms with van der Waals surface area (Å²) < 4.78 is 79.1. The van der Waals surface area contributed by atoms with E-state index in [0.29, 0.717) is 43.9 Å². The molecule has 3 fully saturated rings. The summed E-state index contributed by atoms with van der Waals surface area (Å²) in [5, 5.41) is 0. The van der Waals surface area contributed by atoms with E-state index < -0.39 is 39.8 Å². The molecule has 2 heterocycles. The van der Waals surface area contributed by atoms with Gasteiger partial charge >= 0.3 is 12.4 Å². The molecule has 0 N–H and O–H groups in total. The number of carbonyl (C=O) groups is 2. The van der Waals surface area contributed by atoms with E-state index in [-0.39, 0.29) is 25.1 Å². The van der Waals surface area contributed by atoms with Crippen LogP contribution in [-0.4, -0.2) is 51.9 Å². The Bertz CT molecular complexity index is 918. The molecule has 1 spiro atoms. The molecular weight excluding hydrogens is 494 g/mol. The summed E-state index contributed by atoms with van der Waals surface area (Å²) in [4.78, 5) is 28.6. The van der Waals surface area contributed by atoms with Crippen LogP contribution in [0.25, 0.3) is 0 Å². The number of thioether (sulfide) groups is 1. The number of hydrogen-bond acceptors (Lipinski definition) is 3. The maximum Gasteiger partial charge on any atom is 0.416 e. The van der Waals surface area contributed by atoms with Crippen molar-refractivity contribution in [2.24, 2.45) is 5.92 Å². The molecule has 0 unspecified atom stereocenters. The minimum absolute atomic E-state index is 0.0201. The van der Waals surface area contributed by atoms with E-state index in [2.05, 4.69) is 0 Å². The Morgan fingerprint density at radius 1 is 0.914 bits per heavy atom. The quantitative estimate of drug-likeness (QED) is 0.442. The van der Waals surface area contributed by atoms with Gasteiger partial charge in [-0.3, -0.25) is 9.59 Å². The lowest BCUT2D eigenvalue weighted by molar-refractivity contribution is -0.143. The fraction of sp³-hybridized carbons (Fsp3) is 0.667. The first-order chi connectivity index (χ1) is 16.4. The molecule has 194 valence electrons. The summed E-state index contributed by atoms with van der Waals surface area (Å²) in [6.07, 6.45) is -3.05. The Balaban J connectivity index is 1.44. The van der Waals surface area contributed by atoms with Gasteiger partial charge in [-0.1, -0.05) is 25.7 Å². The van der Waals surface area contributed by atoms with Crippen LogP contribution in [0.1, 0.15) is 72.9 Å². The van der Waals surface area contributed by atoms with E-state index in [0.717, 1.165) is 25.0 Å². The van der Waals surface area contributed by atoms with Gasteiger partial charge in [0, 0.05) is 37.4 Å². The van der Waals surface area contributed by atoms with Crippen molar-refractivity contribution in [1.29, 1.82) is 0 Å². The fourth-order valence-corrected chi connectivity index (χ4v) is 6.93. The third kappa shape index (κ3) is 5.75. The summed E-state index contributed by atoms with van der Waals surface area (Å²) in [5.74, 6) is 0.595. The van der Waals surface area contributed by atoms with Gasteiger partial charge in [0.05, 0.1) is 16.0 Å². The van der Waals surface area contributed by atoms with Gasteiger partial charge in [0.1, 0.15) is 0 Å². The SMILES string of the molecule is O=C(c1cc(C(F)(F)F)cc(C(F)(F)F)c1)N1CCC2(CC1)SCCN2C(=O)CCC1CCCC1. The van der Waals surface area contributed by atoms with Gasteiger partial charge in [-0.05, 0) is 43.4 Å². The zero-order valence-electron chi connectivity index (χ0n) is 19.2. The van der Waals surface area contributed by atoms with Gasteiger partial charge in [0.25, 0.3) is 5.91 Å². The number of piperidine rings is 1.